The number of benzene rings is 1. The maximum Gasteiger partial charge on any atom is 0.257 e. The molecular formula is C13H16ClN3O2S. The van der Waals surface area contributed by atoms with E-state index < -0.39 is 10.0 Å². The Bertz CT molecular complexity index is 706. The van der Waals surface area contributed by atoms with E-state index in [-0.39, 0.29) is 10.9 Å². The van der Waals surface area contributed by atoms with Crippen LogP contribution < -0.4 is 5.14 Å². The molecule has 1 aromatic carbocycles. The van der Waals surface area contributed by atoms with Crippen molar-refractivity contribution in [2.75, 3.05) is 0 Å². The van der Waals surface area contributed by atoms with E-state index in [9.17, 15) is 8.42 Å². The van der Waals surface area contributed by atoms with E-state index in [1.54, 1.807) is 16.7 Å². The molecule has 0 saturated carbocycles. The van der Waals surface area contributed by atoms with Crippen LogP contribution in [0.4, 0.5) is 0 Å². The molecule has 108 valence electrons. The number of sulfonamides is 1. The zero-order valence-corrected chi connectivity index (χ0v) is 12.8. The lowest BCUT2D eigenvalue weighted by molar-refractivity contribution is 0.594. The Morgan fingerprint density at radius 2 is 1.90 bits per heavy atom. The molecular weight excluding hydrogens is 298 g/mol. The van der Waals surface area contributed by atoms with Gasteiger partial charge >= 0.3 is 0 Å². The predicted molar refractivity (Wildman–Crippen MR) is 78.2 cm³/mol. The number of primary sulfonamides is 1. The van der Waals surface area contributed by atoms with E-state index in [0.29, 0.717) is 17.4 Å². The molecule has 0 fully saturated rings. The number of nitrogens with two attached hydrogens (primary N) is 1. The molecule has 0 aliphatic carbocycles. The number of aromatic nitrogens is 2. The number of nitrogens with zero attached hydrogens (tertiary/aromatic N) is 2. The highest BCUT2D eigenvalue weighted by atomic mass is 35.5. The normalized spacial score (nSPS) is 12.1. The number of halogens is 1. The molecule has 0 unspecified atom stereocenters. The van der Waals surface area contributed by atoms with E-state index in [4.69, 9.17) is 16.7 Å². The van der Waals surface area contributed by atoms with Crippen molar-refractivity contribution >= 4 is 21.6 Å². The van der Waals surface area contributed by atoms with Gasteiger partial charge in [-0.3, -0.25) is 0 Å². The van der Waals surface area contributed by atoms with E-state index in [1.807, 2.05) is 26.0 Å². The molecule has 0 amide bonds. The SMILES string of the molecule is CC(C)c1nc(S(N)(=O)=O)cn1Cc1ccc(Cl)cc1. The van der Waals surface area contributed by atoms with Crippen LogP contribution in [0.2, 0.25) is 5.02 Å². The molecule has 0 aliphatic rings. The van der Waals surface area contributed by atoms with Gasteiger partial charge in [0, 0.05) is 23.7 Å². The standard InChI is InChI=1S/C13H16ClN3O2S/c1-9(2)13-16-12(20(15,18)19)8-17(13)7-10-3-5-11(14)6-4-10/h3-6,8-9H,7H2,1-2H3,(H2,15,18,19). The van der Waals surface area contributed by atoms with Crippen molar-refractivity contribution in [3.63, 3.8) is 0 Å². The first-order valence-electron chi connectivity index (χ1n) is 6.11. The molecule has 2 aromatic rings. The van der Waals surface area contributed by atoms with Crippen LogP contribution in [0, 0.1) is 0 Å². The summed E-state index contributed by atoms with van der Waals surface area (Å²) in [6.45, 7) is 4.43. The highest BCUT2D eigenvalue weighted by molar-refractivity contribution is 7.89. The highest BCUT2D eigenvalue weighted by Crippen LogP contribution is 2.19. The molecule has 5 nitrogen and oxygen atoms in total. The summed E-state index contributed by atoms with van der Waals surface area (Å²) in [4.78, 5) is 4.12. The second kappa shape index (κ2) is 5.55. The third kappa shape index (κ3) is 3.39. The van der Waals surface area contributed by atoms with Crippen LogP contribution in [0.3, 0.4) is 0 Å². The van der Waals surface area contributed by atoms with E-state index >= 15 is 0 Å². The van der Waals surface area contributed by atoms with Crippen LogP contribution in [-0.2, 0) is 16.6 Å². The van der Waals surface area contributed by atoms with Crippen LogP contribution in [0.5, 0.6) is 0 Å². The minimum absolute atomic E-state index is 0.0952. The van der Waals surface area contributed by atoms with Crippen LogP contribution in [0.1, 0.15) is 31.2 Å². The monoisotopic (exact) mass is 313 g/mol. The van der Waals surface area contributed by atoms with Gasteiger partial charge in [0.05, 0.1) is 0 Å². The van der Waals surface area contributed by atoms with Gasteiger partial charge in [-0.25, -0.2) is 18.5 Å². The van der Waals surface area contributed by atoms with Gasteiger partial charge < -0.3 is 4.57 Å². The first kappa shape index (κ1) is 15.0. The summed E-state index contributed by atoms with van der Waals surface area (Å²) in [7, 11) is -3.79. The van der Waals surface area contributed by atoms with Gasteiger partial charge in [-0.05, 0) is 17.7 Å². The Morgan fingerprint density at radius 3 is 2.40 bits per heavy atom. The molecule has 1 heterocycles. The second-order valence-electron chi connectivity index (χ2n) is 4.89. The summed E-state index contributed by atoms with van der Waals surface area (Å²) in [5, 5.41) is 5.69. The van der Waals surface area contributed by atoms with Crippen LogP contribution >= 0.6 is 11.6 Å². The van der Waals surface area contributed by atoms with Crippen molar-refractivity contribution in [3.8, 4) is 0 Å². The van der Waals surface area contributed by atoms with Gasteiger partial charge in [0.2, 0.25) is 0 Å². The Labute approximate surface area is 123 Å². The quantitative estimate of drug-likeness (QED) is 0.941. The van der Waals surface area contributed by atoms with Gasteiger partial charge in [-0.2, -0.15) is 0 Å². The number of rotatable bonds is 4. The average Bonchev–Trinajstić information content (AvgIpc) is 2.76. The fourth-order valence-electron chi connectivity index (χ4n) is 1.92. The van der Waals surface area contributed by atoms with Gasteiger partial charge in [-0.15, -0.1) is 0 Å². The molecule has 20 heavy (non-hydrogen) atoms. The predicted octanol–water partition coefficient (Wildman–Crippen LogP) is 2.36. The number of hydrogen-bond donors (Lipinski definition) is 1. The first-order valence-corrected chi connectivity index (χ1v) is 8.04. The number of imidazole rings is 1. The molecule has 0 saturated heterocycles. The van der Waals surface area contributed by atoms with Crippen molar-refractivity contribution < 1.29 is 8.42 Å². The van der Waals surface area contributed by atoms with Crippen molar-refractivity contribution in [3.05, 3.63) is 46.9 Å². The fourth-order valence-corrected chi connectivity index (χ4v) is 2.54. The topological polar surface area (TPSA) is 78.0 Å². The minimum Gasteiger partial charge on any atom is -0.329 e. The molecule has 7 heteroatoms. The Morgan fingerprint density at radius 1 is 1.30 bits per heavy atom. The van der Waals surface area contributed by atoms with Crippen LogP contribution in [0.25, 0.3) is 0 Å². The third-order valence-corrected chi connectivity index (χ3v) is 3.89. The van der Waals surface area contributed by atoms with Crippen molar-refractivity contribution in [2.45, 2.75) is 31.3 Å². The summed E-state index contributed by atoms with van der Waals surface area (Å²) in [6, 6.07) is 7.37. The lowest BCUT2D eigenvalue weighted by Crippen LogP contribution is -2.12. The first-order chi connectivity index (χ1) is 9.27. The summed E-state index contributed by atoms with van der Waals surface area (Å²) in [5.74, 6) is 0.779. The van der Waals surface area contributed by atoms with Gasteiger partial charge in [-0.1, -0.05) is 37.6 Å². The third-order valence-electron chi connectivity index (χ3n) is 2.86. The maximum absolute atomic E-state index is 11.4. The molecule has 0 atom stereocenters. The van der Waals surface area contributed by atoms with Crippen LogP contribution in [0.15, 0.2) is 35.5 Å². The zero-order chi connectivity index (χ0) is 14.9. The van der Waals surface area contributed by atoms with Gasteiger partial charge in [0.25, 0.3) is 10.0 Å². The molecule has 2 N–H and O–H groups in total. The molecule has 2 rings (SSSR count). The Balaban J connectivity index is 2.40. The number of hydrogen-bond acceptors (Lipinski definition) is 3. The fraction of sp³-hybridized carbons (Fsp3) is 0.308. The summed E-state index contributed by atoms with van der Waals surface area (Å²) >= 11 is 5.85. The smallest absolute Gasteiger partial charge is 0.257 e. The van der Waals surface area contributed by atoms with Gasteiger partial charge in [0.1, 0.15) is 5.82 Å². The van der Waals surface area contributed by atoms with Crippen LogP contribution in [-0.4, -0.2) is 18.0 Å². The van der Waals surface area contributed by atoms with E-state index in [2.05, 4.69) is 4.98 Å². The summed E-state index contributed by atoms with van der Waals surface area (Å²) in [5.41, 5.74) is 1.01. The lowest BCUT2D eigenvalue weighted by Gasteiger charge is -2.10. The molecule has 0 spiro atoms. The second-order valence-corrected chi connectivity index (χ2v) is 6.84. The van der Waals surface area contributed by atoms with E-state index in [0.717, 1.165) is 5.56 Å². The zero-order valence-electron chi connectivity index (χ0n) is 11.2. The summed E-state index contributed by atoms with van der Waals surface area (Å²) in [6.07, 6.45) is 1.47. The molecule has 0 bridgehead atoms. The largest absolute Gasteiger partial charge is 0.329 e. The highest BCUT2D eigenvalue weighted by Gasteiger charge is 2.18. The molecule has 0 aliphatic heterocycles. The molecule has 0 radical (unpaired) electrons. The Kier molecular flexibility index (Phi) is 4.17. The van der Waals surface area contributed by atoms with Crippen molar-refractivity contribution in [1.29, 1.82) is 0 Å². The van der Waals surface area contributed by atoms with Crippen molar-refractivity contribution in [2.24, 2.45) is 5.14 Å². The minimum atomic E-state index is -3.79. The lowest BCUT2D eigenvalue weighted by atomic mass is 10.2. The average molecular weight is 314 g/mol. The maximum atomic E-state index is 11.4. The molecule has 1 aromatic heterocycles. The Hall–Kier alpha value is -1.37. The summed E-state index contributed by atoms with van der Waals surface area (Å²) < 4.78 is 24.6. The van der Waals surface area contributed by atoms with Crippen molar-refractivity contribution in [1.82, 2.24) is 9.55 Å². The van der Waals surface area contributed by atoms with Gasteiger partial charge in [0.15, 0.2) is 5.03 Å². The van der Waals surface area contributed by atoms with E-state index in [1.165, 1.54) is 6.20 Å².